The number of hydrogen-bond donors (Lipinski definition) is 0. The first-order chi connectivity index (χ1) is 15.2. The highest BCUT2D eigenvalue weighted by Gasteiger charge is 2.24. The Labute approximate surface area is 181 Å². The molecule has 8 heteroatoms. The van der Waals surface area contributed by atoms with Gasteiger partial charge in [-0.3, -0.25) is 14.8 Å². The maximum absolute atomic E-state index is 13.1. The van der Waals surface area contributed by atoms with Crippen LogP contribution in [-0.2, 0) is 6.61 Å². The van der Waals surface area contributed by atoms with Crippen molar-refractivity contribution in [2.75, 3.05) is 37.7 Å². The Morgan fingerprint density at radius 1 is 0.968 bits per heavy atom. The van der Waals surface area contributed by atoms with Gasteiger partial charge in [-0.05, 0) is 31.2 Å². The Balaban J connectivity index is 1.41. The second-order valence-corrected chi connectivity index (χ2v) is 7.09. The number of ether oxygens (including phenoxy) is 2. The van der Waals surface area contributed by atoms with E-state index in [1.807, 2.05) is 24.0 Å². The zero-order valence-electron chi connectivity index (χ0n) is 17.5. The lowest BCUT2D eigenvalue weighted by Gasteiger charge is -2.35. The molecule has 8 nitrogen and oxygen atoms in total. The van der Waals surface area contributed by atoms with Crippen molar-refractivity contribution in [3.05, 3.63) is 72.4 Å². The van der Waals surface area contributed by atoms with Crippen molar-refractivity contribution >= 4 is 11.7 Å². The second kappa shape index (κ2) is 9.88. The molecule has 0 aliphatic carbocycles. The number of hydrogen-bond acceptors (Lipinski definition) is 7. The Hall–Kier alpha value is -3.68. The molecule has 4 rings (SSSR count). The van der Waals surface area contributed by atoms with Crippen LogP contribution in [0, 0.1) is 0 Å². The van der Waals surface area contributed by atoms with Gasteiger partial charge in [-0.15, -0.1) is 0 Å². The number of carbonyl (C=O) groups is 1. The SMILES string of the molecule is CCOc1cc(C(=O)N2CCN(c3cnccn3)CC2)ccc1OCc1cccnc1. The Kier molecular flexibility index (Phi) is 6.56. The van der Waals surface area contributed by atoms with Gasteiger partial charge in [0.2, 0.25) is 0 Å². The van der Waals surface area contributed by atoms with Crippen LogP contribution in [0.5, 0.6) is 11.5 Å². The van der Waals surface area contributed by atoms with Crippen LogP contribution < -0.4 is 14.4 Å². The molecule has 1 aliphatic rings. The molecule has 0 saturated carbocycles. The second-order valence-electron chi connectivity index (χ2n) is 7.09. The summed E-state index contributed by atoms with van der Waals surface area (Å²) < 4.78 is 11.7. The van der Waals surface area contributed by atoms with Gasteiger partial charge in [0.05, 0.1) is 12.8 Å². The van der Waals surface area contributed by atoms with Crippen molar-refractivity contribution < 1.29 is 14.3 Å². The van der Waals surface area contributed by atoms with Gasteiger partial charge in [0.1, 0.15) is 12.4 Å². The van der Waals surface area contributed by atoms with Gasteiger partial charge in [-0.1, -0.05) is 6.07 Å². The predicted octanol–water partition coefficient (Wildman–Crippen LogP) is 2.81. The van der Waals surface area contributed by atoms with Gasteiger partial charge in [-0.25, -0.2) is 4.98 Å². The minimum Gasteiger partial charge on any atom is -0.490 e. The van der Waals surface area contributed by atoms with E-state index in [4.69, 9.17) is 9.47 Å². The lowest BCUT2D eigenvalue weighted by atomic mass is 10.1. The van der Waals surface area contributed by atoms with E-state index in [0.29, 0.717) is 43.4 Å². The summed E-state index contributed by atoms with van der Waals surface area (Å²) in [5, 5.41) is 0. The molecular weight excluding hydrogens is 394 g/mol. The van der Waals surface area contributed by atoms with E-state index in [9.17, 15) is 4.79 Å². The zero-order valence-corrected chi connectivity index (χ0v) is 17.5. The van der Waals surface area contributed by atoms with E-state index in [2.05, 4.69) is 19.9 Å². The summed E-state index contributed by atoms with van der Waals surface area (Å²) in [6, 6.07) is 9.17. The summed E-state index contributed by atoms with van der Waals surface area (Å²) in [4.78, 5) is 29.6. The molecule has 0 N–H and O–H groups in total. The lowest BCUT2D eigenvalue weighted by molar-refractivity contribution is 0.0746. The summed E-state index contributed by atoms with van der Waals surface area (Å²) in [5.74, 6) is 1.99. The van der Waals surface area contributed by atoms with Crippen molar-refractivity contribution in [2.24, 2.45) is 0 Å². The number of benzene rings is 1. The Morgan fingerprint density at radius 3 is 2.52 bits per heavy atom. The number of nitrogens with zero attached hydrogens (tertiary/aromatic N) is 5. The number of rotatable bonds is 7. The first-order valence-electron chi connectivity index (χ1n) is 10.3. The van der Waals surface area contributed by atoms with Crippen LogP contribution in [0.3, 0.4) is 0 Å². The molecule has 3 heterocycles. The molecule has 1 amide bonds. The number of pyridine rings is 1. The smallest absolute Gasteiger partial charge is 0.254 e. The molecule has 0 unspecified atom stereocenters. The normalized spacial score (nSPS) is 13.7. The zero-order chi connectivity index (χ0) is 21.5. The summed E-state index contributed by atoms with van der Waals surface area (Å²) >= 11 is 0. The molecule has 3 aromatic rings. The highest BCUT2D eigenvalue weighted by molar-refractivity contribution is 5.95. The van der Waals surface area contributed by atoms with Crippen LogP contribution in [-0.4, -0.2) is 58.5 Å². The molecule has 160 valence electrons. The largest absolute Gasteiger partial charge is 0.490 e. The van der Waals surface area contributed by atoms with Crippen molar-refractivity contribution in [3.8, 4) is 11.5 Å². The number of anilines is 1. The molecule has 2 aromatic heterocycles. The molecule has 1 aromatic carbocycles. The molecule has 0 atom stereocenters. The van der Waals surface area contributed by atoms with Crippen LogP contribution in [0.15, 0.2) is 61.3 Å². The Morgan fingerprint density at radius 2 is 1.81 bits per heavy atom. The minimum absolute atomic E-state index is 0.0152. The van der Waals surface area contributed by atoms with E-state index >= 15 is 0 Å². The minimum atomic E-state index is -0.0152. The highest BCUT2D eigenvalue weighted by Crippen LogP contribution is 2.30. The summed E-state index contributed by atoms with van der Waals surface area (Å²) in [6.07, 6.45) is 8.57. The molecule has 0 spiro atoms. The van der Waals surface area contributed by atoms with Gasteiger partial charge >= 0.3 is 0 Å². The van der Waals surface area contributed by atoms with Crippen molar-refractivity contribution in [2.45, 2.75) is 13.5 Å². The van der Waals surface area contributed by atoms with Crippen LogP contribution in [0.25, 0.3) is 0 Å². The number of piperazine rings is 1. The molecule has 0 radical (unpaired) electrons. The summed E-state index contributed by atoms with van der Waals surface area (Å²) in [7, 11) is 0. The van der Waals surface area contributed by atoms with E-state index in [-0.39, 0.29) is 5.91 Å². The van der Waals surface area contributed by atoms with Crippen LogP contribution in [0.1, 0.15) is 22.8 Å². The number of aromatic nitrogens is 3. The number of amides is 1. The first kappa shape index (κ1) is 20.6. The van der Waals surface area contributed by atoms with Crippen molar-refractivity contribution in [1.82, 2.24) is 19.9 Å². The summed E-state index contributed by atoms with van der Waals surface area (Å²) in [5.41, 5.74) is 1.55. The fraction of sp³-hybridized carbons (Fsp3) is 0.304. The maximum Gasteiger partial charge on any atom is 0.254 e. The molecule has 1 saturated heterocycles. The third kappa shape index (κ3) is 5.09. The van der Waals surface area contributed by atoms with E-state index < -0.39 is 0 Å². The van der Waals surface area contributed by atoms with Crippen molar-refractivity contribution in [1.29, 1.82) is 0 Å². The third-order valence-corrected chi connectivity index (χ3v) is 5.05. The van der Waals surface area contributed by atoms with E-state index in [1.54, 1.807) is 49.2 Å². The van der Waals surface area contributed by atoms with Gasteiger partial charge in [-0.2, -0.15) is 0 Å². The quantitative estimate of drug-likeness (QED) is 0.582. The molecule has 1 aliphatic heterocycles. The fourth-order valence-corrected chi connectivity index (χ4v) is 3.45. The Bertz CT molecular complexity index is 993. The van der Waals surface area contributed by atoms with Gasteiger partial charge in [0, 0.05) is 62.1 Å². The average molecular weight is 419 g/mol. The standard InChI is InChI=1S/C23H25N5O3/c1-2-30-21-14-19(5-6-20(21)31-17-18-4-3-7-24-15-18)23(29)28-12-10-27(11-13-28)22-16-25-8-9-26-22/h3-9,14-16H,2,10-13,17H2,1H3. The predicted molar refractivity (Wildman–Crippen MR) is 116 cm³/mol. The van der Waals surface area contributed by atoms with Crippen LogP contribution in [0.2, 0.25) is 0 Å². The topological polar surface area (TPSA) is 80.7 Å². The third-order valence-electron chi connectivity index (χ3n) is 5.05. The van der Waals surface area contributed by atoms with Crippen LogP contribution in [0.4, 0.5) is 5.82 Å². The van der Waals surface area contributed by atoms with Gasteiger partial charge < -0.3 is 19.3 Å². The maximum atomic E-state index is 13.1. The van der Waals surface area contributed by atoms with E-state index in [1.165, 1.54) is 0 Å². The van der Waals surface area contributed by atoms with Gasteiger partial charge in [0.25, 0.3) is 5.91 Å². The molecule has 0 bridgehead atoms. The molecule has 31 heavy (non-hydrogen) atoms. The van der Waals surface area contributed by atoms with Gasteiger partial charge in [0.15, 0.2) is 11.5 Å². The molecular formula is C23H25N5O3. The van der Waals surface area contributed by atoms with Crippen LogP contribution >= 0.6 is 0 Å². The summed E-state index contributed by atoms with van der Waals surface area (Å²) in [6.45, 7) is 5.45. The first-order valence-corrected chi connectivity index (χ1v) is 10.3. The van der Waals surface area contributed by atoms with Crippen molar-refractivity contribution in [3.63, 3.8) is 0 Å². The highest BCUT2D eigenvalue weighted by atomic mass is 16.5. The molecule has 1 fully saturated rings. The number of carbonyl (C=O) groups excluding carboxylic acids is 1. The monoisotopic (exact) mass is 419 g/mol. The lowest BCUT2D eigenvalue weighted by Crippen LogP contribution is -2.49. The fourth-order valence-electron chi connectivity index (χ4n) is 3.45. The average Bonchev–Trinajstić information content (AvgIpc) is 2.84. The van der Waals surface area contributed by atoms with E-state index in [0.717, 1.165) is 24.5 Å².